The van der Waals surface area contributed by atoms with E-state index in [1.54, 1.807) is 30.3 Å². The first kappa shape index (κ1) is 37.0. The maximum absolute atomic E-state index is 13.1. The molecule has 0 aromatic heterocycles. The predicted molar refractivity (Wildman–Crippen MR) is 187 cm³/mol. The van der Waals surface area contributed by atoms with Gasteiger partial charge in [0.25, 0.3) is 17.7 Å². The molecule has 1 aliphatic carbocycles. The summed E-state index contributed by atoms with van der Waals surface area (Å²) in [5.74, 6) is -1.48. The topological polar surface area (TPSA) is 191 Å². The first-order valence-corrected chi connectivity index (χ1v) is 17.4. The summed E-state index contributed by atoms with van der Waals surface area (Å²) in [6.07, 6.45) is 0.0116. The Bertz CT molecular complexity index is 1940. The molecule has 51 heavy (non-hydrogen) atoms. The summed E-state index contributed by atoms with van der Waals surface area (Å²) < 4.78 is 17.0. The Morgan fingerprint density at radius 3 is 2.33 bits per heavy atom. The van der Waals surface area contributed by atoms with Crippen LogP contribution in [0.1, 0.15) is 35.2 Å². The van der Waals surface area contributed by atoms with Crippen molar-refractivity contribution in [3.05, 3.63) is 75.9 Å². The largest absolute Gasteiger partial charge is 0.508 e. The van der Waals surface area contributed by atoms with E-state index in [9.17, 15) is 33.9 Å². The molecule has 0 unspecified atom stereocenters. The number of hydrogen-bond donors (Lipinski definition) is 3. The third-order valence-electron chi connectivity index (χ3n) is 7.80. The number of aromatic hydroxyl groups is 1. The van der Waals surface area contributed by atoms with Crippen LogP contribution in [0.3, 0.4) is 0 Å². The van der Waals surface area contributed by atoms with Gasteiger partial charge in [0.05, 0.1) is 38.6 Å². The predicted octanol–water partition coefficient (Wildman–Crippen LogP) is 3.19. The molecule has 0 saturated carbocycles. The molecule has 0 spiro atoms. The van der Waals surface area contributed by atoms with Gasteiger partial charge in [-0.2, -0.15) is 11.8 Å². The van der Waals surface area contributed by atoms with Crippen LogP contribution >= 0.6 is 11.8 Å². The molecule has 2 heterocycles. The zero-order valence-electron chi connectivity index (χ0n) is 27.9. The number of hydrogen-bond acceptors (Lipinski definition) is 12. The lowest BCUT2D eigenvalue weighted by Gasteiger charge is -2.17. The van der Waals surface area contributed by atoms with E-state index >= 15 is 0 Å². The molecular formula is C36H37N3O11S. The van der Waals surface area contributed by atoms with Gasteiger partial charge in [0, 0.05) is 65.9 Å². The second kappa shape index (κ2) is 17.6. The standard InChI is InChI=1S/C36H37N3O11S/c1-22-2-3-23(18-28(22)35-26-6-4-24(40)19-29(26)49-30-20-25(41)5-7-27(30)35)36(46)38-12-14-48-16-15-47-13-11-37-31(42)21-51-17-10-34(45)50-39-32(43)8-9-33(39)44/h2-7,18-20,40H,8-17,21H2,1H3,(H,37,42)(H,38,46). The Labute approximate surface area is 296 Å². The third kappa shape index (κ3) is 9.93. The molecule has 1 saturated heterocycles. The van der Waals surface area contributed by atoms with E-state index in [4.69, 9.17) is 18.7 Å². The van der Waals surface area contributed by atoms with Gasteiger partial charge < -0.3 is 34.5 Å². The summed E-state index contributed by atoms with van der Waals surface area (Å²) in [4.78, 5) is 76.6. The van der Waals surface area contributed by atoms with Gasteiger partial charge in [-0.1, -0.05) is 6.07 Å². The molecule has 5 rings (SSSR count). The Morgan fingerprint density at radius 2 is 1.59 bits per heavy atom. The van der Waals surface area contributed by atoms with Crippen LogP contribution in [0, 0.1) is 6.92 Å². The van der Waals surface area contributed by atoms with Crippen molar-refractivity contribution in [1.29, 1.82) is 0 Å². The number of phenolic OH excluding ortho intramolecular Hbond substituents is 1. The van der Waals surface area contributed by atoms with E-state index in [-0.39, 0.29) is 67.8 Å². The van der Waals surface area contributed by atoms with Crippen LogP contribution in [-0.2, 0) is 33.5 Å². The Morgan fingerprint density at radius 1 is 0.863 bits per heavy atom. The lowest BCUT2D eigenvalue weighted by molar-refractivity contribution is -0.197. The van der Waals surface area contributed by atoms with Crippen LogP contribution in [0.4, 0.5) is 0 Å². The van der Waals surface area contributed by atoms with Gasteiger partial charge >= 0.3 is 5.97 Å². The van der Waals surface area contributed by atoms with Gasteiger partial charge in [0.1, 0.15) is 17.1 Å². The number of fused-ring (bicyclic) bond motifs is 2. The number of hydroxylamine groups is 2. The van der Waals surface area contributed by atoms with Crippen LogP contribution in [0.25, 0.3) is 33.4 Å². The summed E-state index contributed by atoms with van der Waals surface area (Å²) in [7, 11) is 0. The number of carbonyl (C=O) groups excluding carboxylic acids is 5. The number of aryl methyl sites for hydroxylation is 1. The molecule has 2 aliphatic heterocycles. The Balaban J connectivity index is 0.975. The van der Waals surface area contributed by atoms with Crippen molar-refractivity contribution in [1.82, 2.24) is 15.7 Å². The molecule has 4 amide bonds. The highest BCUT2D eigenvalue weighted by Gasteiger charge is 2.32. The third-order valence-corrected chi connectivity index (χ3v) is 8.76. The molecule has 1 fully saturated rings. The monoisotopic (exact) mass is 719 g/mol. The lowest BCUT2D eigenvalue weighted by Crippen LogP contribution is -2.32. The van der Waals surface area contributed by atoms with Crippen LogP contribution in [-0.4, -0.2) is 90.8 Å². The first-order chi connectivity index (χ1) is 24.6. The second-order valence-corrected chi connectivity index (χ2v) is 12.6. The van der Waals surface area contributed by atoms with E-state index in [0.717, 1.165) is 22.1 Å². The van der Waals surface area contributed by atoms with E-state index < -0.39 is 17.8 Å². The zero-order valence-corrected chi connectivity index (χ0v) is 28.7. The number of thioether (sulfide) groups is 1. The number of rotatable bonds is 17. The van der Waals surface area contributed by atoms with Gasteiger partial charge in [-0.05, 0) is 54.4 Å². The molecule has 14 nitrogen and oxygen atoms in total. The SMILES string of the molecule is Cc1ccc(C(=O)NCCOCCOCCNC(=O)CSCCC(=O)ON2C(=O)CCC2=O)cc1-c1c2ccc(=O)cc-2oc2cc(O)ccc12. The molecular weight excluding hydrogens is 682 g/mol. The van der Waals surface area contributed by atoms with Gasteiger partial charge in [-0.15, -0.1) is 5.06 Å². The van der Waals surface area contributed by atoms with Crippen molar-refractivity contribution in [3.8, 4) is 28.2 Å². The van der Waals surface area contributed by atoms with E-state index in [1.807, 2.05) is 13.0 Å². The molecule has 15 heteroatoms. The second-order valence-electron chi connectivity index (χ2n) is 11.5. The fourth-order valence-corrected chi connectivity index (χ4v) is 6.02. The van der Waals surface area contributed by atoms with Gasteiger partial charge in [-0.3, -0.25) is 24.0 Å². The number of imide groups is 1. The van der Waals surface area contributed by atoms with E-state index in [0.29, 0.717) is 53.0 Å². The van der Waals surface area contributed by atoms with Crippen molar-refractivity contribution < 1.29 is 47.8 Å². The fourth-order valence-electron chi connectivity index (χ4n) is 5.28. The lowest BCUT2D eigenvalue weighted by atomic mass is 9.90. The van der Waals surface area contributed by atoms with Gasteiger partial charge in [-0.25, -0.2) is 4.79 Å². The highest BCUT2D eigenvalue weighted by Crippen LogP contribution is 2.42. The minimum atomic E-state index is -0.709. The van der Waals surface area contributed by atoms with Crippen LogP contribution < -0.4 is 16.1 Å². The minimum Gasteiger partial charge on any atom is -0.508 e. The summed E-state index contributed by atoms with van der Waals surface area (Å²) in [6.45, 7) is 3.61. The maximum Gasteiger partial charge on any atom is 0.334 e. The highest BCUT2D eigenvalue weighted by atomic mass is 32.2. The van der Waals surface area contributed by atoms with Gasteiger partial charge in [0.2, 0.25) is 5.91 Å². The summed E-state index contributed by atoms with van der Waals surface area (Å²) in [5.41, 5.74) is 3.83. The summed E-state index contributed by atoms with van der Waals surface area (Å²) in [6, 6.07) is 14.8. The van der Waals surface area contributed by atoms with E-state index in [1.165, 1.54) is 30.0 Å². The molecule has 0 radical (unpaired) electrons. The summed E-state index contributed by atoms with van der Waals surface area (Å²) in [5, 5.41) is 16.8. The number of ether oxygens (including phenoxy) is 2. The number of benzene rings is 3. The van der Waals surface area contributed by atoms with E-state index in [2.05, 4.69) is 10.6 Å². The van der Waals surface area contributed by atoms with Crippen molar-refractivity contribution >= 4 is 52.3 Å². The Hall–Kier alpha value is -5.25. The summed E-state index contributed by atoms with van der Waals surface area (Å²) >= 11 is 1.22. The number of amides is 4. The van der Waals surface area contributed by atoms with Gasteiger partial charge in [0.15, 0.2) is 5.43 Å². The van der Waals surface area contributed by atoms with Crippen molar-refractivity contribution in [2.24, 2.45) is 0 Å². The number of nitrogens with zero attached hydrogens (tertiary/aromatic N) is 1. The van der Waals surface area contributed by atoms with Crippen LogP contribution in [0.5, 0.6) is 5.75 Å². The van der Waals surface area contributed by atoms with Crippen molar-refractivity contribution in [2.75, 3.05) is 51.0 Å². The number of nitrogens with one attached hydrogen (secondary N) is 2. The molecule has 0 atom stereocenters. The normalized spacial score (nSPS) is 12.8. The molecule has 268 valence electrons. The maximum atomic E-state index is 13.1. The Kier molecular flexibility index (Phi) is 12.8. The molecule has 3 N–H and O–H groups in total. The van der Waals surface area contributed by atoms with Crippen molar-refractivity contribution in [2.45, 2.75) is 26.2 Å². The minimum absolute atomic E-state index is 0.0275. The molecule has 0 bridgehead atoms. The van der Waals surface area contributed by atoms with Crippen LogP contribution in [0.2, 0.25) is 0 Å². The molecule has 2 aromatic carbocycles. The number of carbonyl (C=O) groups is 5. The van der Waals surface area contributed by atoms with Crippen molar-refractivity contribution in [3.63, 3.8) is 0 Å². The van der Waals surface area contributed by atoms with Crippen LogP contribution in [0.15, 0.2) is 63.8 Å². The highest BCUT2D eigenvalue weighted by molar-refractivity contribution is 7.99. The molecule has 3 aliphatic rings. The number of phenols is 1. The average Bonchev–Trinajstić information content (AvgIpc) is 3.42. The fraction of sp³-hybridized carbons (Fsp3) is 0.333. The smallest absolute Gasteiger partial charge is 0.334 e. The average molecular weight is 720 g/mol. The zero-order chi connectivity index (χ0) is 36.3. The molecule has 2 aromatic rings. The quantitative estimate of drug-likeness (QED) is 0.0822. The first-order valence-electron chi connectivity index (χ1n) is 16.3.